The first kappa shape index (κ1) is 12.2. The van der Waals surface area contributed by atoms with Crippen molar-refractivity contribution in [2.75, 3.05) is 0 Å². The van der Waals surface area contributed by atoms with Crippen LogP contribution in [0.25, 0.3) is 0 Å². The highest BCUT2D eigenvalue weighted by atomic mass is 79.9. The van der Waals surface area contributed by atoms with Gasteiger partial charge in [-0.25, -0.2) is 4.79 Å². The average molecular weight is 275 g/mol. The summed E-state index contributed by atoms with van der Waals surface area (Å²) < 4.78 is 1.68. The number of rotatable bonds is 6. The largest absolute Gasteiger partial charge is 0.478 e. The van der Waals surface area contributed by atoms with Gasteiger partial charge in [0.15, 0.2) is 0 Å². The Morgan fingerprint density at radius 1 is 1.73 bits per heavy atom. The van der Waals surface area contributed by atoms with E-state index in [2.05, 4.69) is 28.0 Å². The van der Waals surface area contributed by atoms with Gasteiger partial charge < -0.3 is 5.11 Å². The van der Waals surface area contributed by atoms with Crippen LogP contribution in [0.5, 0.6) is 0 Å². The van der Waals surface area contributed by atoms with Crippen molar-refractivity contribution in [3.8, 4) is 0 Å². The minimum absolute atomic E-state index is 0.251. The van der Waals surface area contributed by atoms with Crippen molar-refractivity contribution < 1.29 is 9.90 Å². The van der Waals surface area contributed by atoms with Crippen LogP contribution in [0.4, 0.5) is 0 Å². The quantitative estimate of drug-likeness (QED) is 0.812. The Morgan fingerprint density at radius 2 is 2.47 bits per heavy atom. The Morgan fingerprint density at radius 3 is 3.00 bits per heavy atom. The van der Waals surface area contributed by atoms with Crippen molar-refractivity contribution >= 4 is 21.9 Å². The van der Waals surface area contributed by atoms with Gasteiger partial charge in [0.1, 0.15) is 0 Å². The molecule has 1 unspecified atom stereocenters. The number of carbonyl (C=O) groups is 1. The highest BCUT2D eigenvalue weighted by Gasteiger charge is 2.06. The molecule has 0 radical (unpaired) electrons. The van der Waals surface area contributed by atoms with E-state index in [-0.39, 0.29) is 5.56 Å². The minimum Gasteiger partial charge on any atom is -0.478 e. The second-order valence-electron chi connectivity index (χ2n) is 3.44. The summed E-state index contributed by atoms with van der Waals surface area (Å²) in [6.07, 6.45) is 6.15. The second-order valence-corrected chi connectivity index (χ2v) is 4.74. The molecule has 15 heavy (non-hydrogen) atoms. The molecular weight excluding hydrogens is 260 g/mol. The maximum absolute atomic E-state index is 10.6. The van der Waals surface area contributed by atoms with Gasteiger partial charge in [-0.2, -0.15) is 5.10 Å². The van der Waals surface area contributed by atoms with E-state index < -0.39 is 5.97 Å². The molecule has 0 spiro atoms. The average Bonchev–Trinajstić information content (AvgIpc) is 2.66. The Balaban J connectivity index is 2.35. The summed E-state index contributed by atoms with van der Waals surface area (Å²) in [5, 5.41) is 12.7. The number of aromatic nitrogens is 2. The smallest absolute Gasteiger partial charge is 0.338 e. The highest BCUT2D eigenvalue weighted by Crippen LogP contribution is 2.12. The van der Waals surface area contributed by atoms with E-state index in [1.165, 1.54) is 6.20 Å². The zero-order valence-corrected chi connectivity index (χ0v) is 10.3. The van der Waals surface area contributed by atoms with Gasteiger partial charge in [0, 0.05) is 17.6 Å². The summed E-state index contributed by atoms with van der Waals surface area (Å²) in [6.45, 7) is 2.91. The summed E-state index contributed by atoms with van der Waals surface area (Å²) in [7, 11) is 0. The normalized spacial score (nSPS) is 12.7. The van der Waals surface area contributed by atoms with E-state index in [1.54, 1.807) is 10.9 Å². The van der Waals surface area contributed by atoms with Gasteiger partial charge >= 0.3 is 5.97 Å². The van der Waals surface area contributed by atoms with E-state index in [1.807, 2.05) is 0 Å². The van der Waals surface area contributed by atoms with Gasteiger partial charge in [-0.05, 0) is 19.3 Å². The summed E-state index contributed by atoms with van der Waals surface area (Å²) in [6, 6.07) is 0. The van der Waals surface area contributed by atoms with Crippen LogP contribution in [0.3, 0.4) is 0 Å². The molecule has 0 aromatic carbocycles. The third-order valence-corrected chi connectivity index (χ3v) is 3.33. The fourth-order valence-electron chi connectivity index (χ4n) is 1.28. The first-order chi connectivity index (χ1) is 7.13. The van der Waals surface area contributed by atoms with E-state index in [0.717, 1.165) is 25.8 Å². The molecule has 5 heteroatoms. The molecular formula is C10H15BrN2O2. The van der Waals surface area contributed by atoms with Gasteiger partial charge in [-0.3, -0.25) is 4.68 Å². The van der Waals surface area contributed by atoms with Crippen LogP contribution in [-0.2, 0) is 6.54 Å². The molecule has 0 amide bonds. The van der Waals surface area contributed by atoms with E-state index in [0.29, 0.717) is 4.83 Å². The maximum atomic E-state index is 10.6. The first-order valence-corrected chi connectivity index (χ1v) is 5.95. The molecule has 1 heterocycles. The molecule has 0 aliphatic heterocycles. The number of halogens is 1. The number of hydrogen-bond acceptors (Lipinski definition) is 2. The van der Waals surface area contributed by atoms with Crippen molar-refractivity contribution in [1.82, 2.24) is 9.78 Å². The maximum Gasteiger partial charge on any atom is 0.338 e. The molecule has 0 saturated heterocycles. The van der Waals surface area contributed by atoms with Crippen molar-refractivity contribution in [3.05, 3.63) is 18.0 Å². The third-order valence-electron chi connectivity index (χ3n) is 2.23. The number of nitrogens with zero attached hydrogens (tertiary/aromatic N) is 2. The monoisotopic (exact) mass is 274 g/mol. The van der Waals surface area contributed by atoms with Crippen molar-refractivity contribution in [2.24, 2.45) is 0 Å². The van der Waals surface area contributed by atoms with Crippen molar-refractivity contribution in [2.45, 2.75) is 37.6 Å². The number of alkyl halides is 1. The molecule has 1 N–H and O–H groups in total. The Bertz CT molecular complexity index is 325. The summed E-state index contributed by atoms with van der Waals surface area (Å²) in [5.74, 6) is -0.923. The molecule has 1 aromatic rings. The lowest BCUT2D eigenvalue weighted by Gasteiger charge is -2.05. The van der Waals surface area contributed by atoms with Crippen molar-refractivity contribution in [3.63, 3.8) is 0 Å². The number of carboxylic acid groups (broad SMARTS) is 1. The molecule has 84 valence electrons. The SMILES string of the molecule is CCC(Br)CCCn1cc(C(=O)O)cn1. The van der Waals surface area contributed by atoms with Gasteiger partial charge in [0.2, 0.25) is 0 Å². The van der Waals surface area contributed by atoms with E-state index >= 15 is 0 Å². The molecule has 1 rings (SSSR count). The first-order valence-electron chi connectivity index (χ1n) is 5.03. The highest BCUT2D eigenvalue weighted by molar-refractivity contribution is 9.09. The van der Waals surface area contributed by atoms with Crippen LogP contribution in [0.15, 0.2) is 12.4 Å². The predicted molar refractivity (Wildman–Crippen MR) is 61.4 cm³/mol. The predicted octanol–water partition coefficient (Wildman–Crippen LogP) is 2.54. The van der Waals surface area contributed by atoms with Gasteiger partial charge in [0.25, 0.3) is 0 Å². The standard InChI is InChI=1S/C10H15BrN2O2/c1-2-9(11)4-3-5-13-7-8(6-12-13)10(14)15/h6-7,9H,2-5H2,1H3,(H,14,15). The minimum atomic E-state index is -0.923. The summed E-state index contributed by atoms with van der Waals surface area (Å²) in [5.41, 5.74) is 0.251. The fourth-order valence-corrected chi connectivity index (χ4v) is 1.60. The molecule has 0 aliphatic rings. The Hall–Kier alpha value is -0.840. The second kappa shape index (κ2) is 5.90. The van der Waals surface area contributed by atoms with Crippen molar-refractivity contribution in [1.29, 1.82) is 0 Å². The van der Waals surface area contributed by atoms with Crippen LogP contribution >= 0.6 is 15.9 Å². The van der Waals surface area contributed by atoms with Crippen LogP contribution in [0.2, 0.25) is 0 Å². The van der Waals surface area contributed by atoms with E-state index in [9.17, 15) is 4.79 Å². The molecule has 0 aliphatic carbocycles. The third kappa shape index (κ3) is 4.03. The molecule has 0 bridgehead atoms. The summed E-state index contributed by atoms with van der Waals surface area (Å²) >= 11 is 3.56. The fraction of sp³-hybridized carbons (Fsp3) is 0.600. The van der Waals surface area contributed by atoms with Crippen LogP contribution in [0.1, 0.15) is 36.5 Å². The van der Waals surface area contributed by atoms with Gasteiger partial charge in [-0.15, -0.1) is 0 Å². The molecule has 4 nitrogen and oxygen atoms in total. The topological polar surface area (TPSA) is 55.1 Å². The number of hydrogen-bond donors (Lipinski definition) is 1. The van der Waals surface area contributed by atoms with Gasteiger partial charge in [0.05, 0.1) is 11.8 Å². The van der Waals surface area contributed by atoms with Gasteiger partial charge in [-0.1, -0.05) is 22.9 Å². The molecule has 1 aromatic heterocycles. The van der Waals surface area contributed by atoms with Crippen LogP contribution < -0.4 is 0 Å². The number of carboxylic acids is 1. The van der Waals surface area contributed by atoms with Crippen LogP contribution in [-0.4, -0.2) is 25.7 Å². The zero-order chi connectivity index (χ0) is 11.3. The Kier molecular flexibility index (Phi) is 4.81. The lowest BCUT2D eigenvalue weighted by atomic mass is 10.2. The van der Waals surface area contributed by atoms with Crippen LogP contribution in [0, 0.1) is 0 Å². The Labute approximate surface area is 97.4 Å². The molecule has 0 saturated carbocycles. The molecule has 1 atom stereocenters. The summed E-state index contributed by atoms with van der Waals surface area (Å²) in [4.78, 5) is 11.1. The lowest BCUT2D eigenvalue weighted by Crippen LogP contribution is -2.02. The molecule has 0 fully saturated rings. The number of aromatic carboxylic acids is 1. The van der Waals surface area contributed by atoms with E-state index in [4.69, 9.17) is 5.11 Å². The number of aryl methyl sites for hydroxylation is 1. The lowest BCUT2D eigenvalue weighted by molar-refractivity contribution is 0.0697. The zero-order valence-electron chi connectivity index (χ0n) is 8.69.